The fourth-order valence-electron chi connectivity index (χ4n) is 3.41. The second-order valence-electron chi connectivity index (χ2n) is 6.94. The maximum atomic E-state index is 9.20. The minimum atomic E-state index is -0.203. The monoisotopic (exact) mass is 291 g/mol. The number of nitriles is 1. The van der Waals surface area contributed by atoms with Crippen LogP contribution in [0, 0.1) is 17.2 Å². The Hall–Kier alpha value is -0.525. The third-order valence-electron chi connectivity index (χ3n) is 5.18. The summed E-state index contributed by atoms with van der Waals surface area (Å²) < 4.78 is 12.6. The predicted octanol–water partition coefficient (Wildman–Crippen LogP) is 4.72. The first-order valence-electron chi connectivity index (χ1n) is 8.91. The number of rotatable bonds is 6. The third kappa shape index (κ3) is 5.31. The van der Waals surface area contributed by atoms with E-state index in [-0.39, 0.29) is 18.9 Å². The van der Waals surface area contributed by atoms with E-state index in [1.807, 2.05) is 6.92 Å². The minimum Gasteiger partial charge on any atom is -0.408 e. The molecule has 2 saturated carbocycles. The van der Waals surface area contributed by atoms with E-state index in [0.29, 0.717) is 12.2 Å². The molecule has 21 heavy (non-hydrogen) atoms. The van der Waals surface area contributed by atoms with Gasteiger partial charge >= 0.3 is 7.12 Å². The average molecular weight is 291 g/mol. The molecule has 0 aromatic heterocycles. The smallest absolute Gasteiger partial charge is 0.408 e. The molecule has 0 heterocycles. The van der Waals surface area contributed by atoms with Crippen LogP contribution in [-0.4, -0.2) is 19.3 Å². The van der Waals surface area contributed by atoms with Crippen LogP contribution < -0.4 is 0 Å². The molecule has 2 aliphatic rings. The Morgan fingerprint density at radius 3 is 1.67 bits per heavy atom. The molecule has 0 N–H and O–H groups in total. The van der Waals surface area contributed by atoms with Gasteiger partial charge in [-0.05, 0) is 32.6 Å². The third-order valence-corrected chi connectivity index (χ3v) is 5.18. The Labute approximate surface area is 130 Å². The van der Waals surface area contributed by atoms with Gasteiger partial charge in [-0.25, -0.2) is 0 Å². The zero-order chi connectivity index (χ0) is 15.1. The molecule has 0 bridgehead atoms. The SMILES string of the molecule is CC(C#N)C(C)B(OC1CCCCC1)OC1CCCCC1. The summed E-state index contributed by atoms with van der Waals surface area (Å²) in [5, 5.41) is 9.20. The molecule has 0 radical (unpaired) electrons. The van der Waals surface area contributed by atoms with Crippen molar-refractivity contribution in [3.05, 3.63) is 0 Å². The topological polar surface area (TPSA) is 42.2 Å². The molecule has 0 aliphatic heterocycles. The highest BCUT2D eigenvalue weighted by molar-refractivity contribution is 6.46. The molecule has 2 unspecified atom stereocenters. The molecule has 0 aromatic carbocycles. The Morgan fingerprint density at radius 2 is 1.29 bits per heavy atom. The van der Waals surface area contributed by atoms with E-state index in [9.17, 15) is 5.26 Å². The molecule has 2 fully saturated rings. The standard InChI is InChI=1S/C17H30BNO2/c1-14(13-19)15(2)18(20-16-9-5-3-6-10-16)21-17-11-7-4-8-12-17/h14-17H,3-12H2,1-2H3. The summed E-state index contributed by atoms with van der Waals surface area (Å²) in [7, 11) is -0.203. The van der Waals surface area contributed by atoms with E-state index in [1.54, 1.807) is 0 Å². The van der Waals surface area contributed by atoms with Gasteiger partial charge in [-0.2, -0.15) is 5.26 Å². The minimum absolute atomic E-state index is 0.0258. The summed E-state index contributed by atoms with van der Waals surface area (Å²) in [4.78, 5) is 0. The van der Waals surface area contributed by atoms with Crippen LogP contribution >= 0.6 is 0 Å². The van der Waals surface area contributed by atoms with Crippen LogP contribution in [0.4, 0.5) is 0 Å². The first kappa shape index (κ1) is 16.8. The van der Waals surface area contributed by atoms with E-state index in [1.165, 1.54) is 38.5 Å². The van der Waals surface area contributed by atoms with Crippen molar-refractivity contribution < 1.29 is 9.31 Å². The maximum absolute atomic E-state index is 9.20. The van der Waals surface area contributed by atoms with Crippen molar-refractivity contribution in [3.8, 4) is 6.07 Å². The maximum Gasteiger partial charge on any atom is 0.461 e. The van der Waals surface area contributed by atoms with Gasteiger partial charge in [0.25, 0.3) is 0 Å². The molecule has 2 aliphatic carbocycles. The first-order chi connectivity index (χ1) is 10.2. The van der Waals surface area contributed by atoms with Crippen LogP contribution in [0.2, 0.25) is 5.82 Å². The van der Waals surface area contributed by atoms with Gasteiger partial charge in [0.15, 0.2) is 0 Å². The van der Waals surface area contributed by atoms with E-state index in [2.05, 4.69) is 13.0 Å². The van der Waals surface area contributed by atoms with Crippen molar-refractivity contribution in [2.75, 3.05) is 0 Å². The lowest BCUT2D eigenvalue weighted by molar-refractivity contribution is 0.0598. The lowest BCUT2D eigenvalue weighted by Crippen LogP contribution is -2.39. The summed E-state index contributed by atoms with van der Waals surface area (Å²) in [6, 6.07) is 2.36. The van der Waals surface area contributed by atoms with Crippen LogP contribution in [-0.2, 0) is 9.31 Å². The van der Waals surface area contributed by atoms with Crippen molar-refractivity contribution in [3.63, 3.8) is 0 Å². The molecule has 118 valence electrons. The highest BCUT2D eigenvalue weighted by Gasteiger charge is 2.36. The van der Waals surface area contributed by atoms with E-state index in [4.69, 9.17) is 9.31 Å². The fourth-order valence-corrected chi connectivity index (χ4v) is 3.41. The van der Waals surface area contributed by atoms with E-state index >= 15 is 0 Å². The quantitative estimate of drug-likeness (QED) is 0.665. The second kappa shape index (κ2) is 8.81. The van der Waals surface area contributed by atoms with Crippen molar-refractivity contribution >= 4 is 7.12 Å². The average Bonchev–Trinajstić information content (AvgIpc) is 2.54. The first-order valence-corrected chi connectivity index (χ1v) is 8.91. The van der Waals surface area contributed by atoms with Crippen molar-refractivity contribution in [1.29, 1.82) is 5.26 Å². The molecule has 0 spiro atoms. The zero-order valence-electron chi connectivity index (χ0n) is 13.7. The van der Waals surface area contributed by atoms with Crippen LogP contribution in [0.25, 0.3) is 0 Å². The largest absolute Gasteiger partial charge is 0.461 e. The van der Waals surface area contributed by atoms with Gasteiger partial charge in [-0.3, -0.25) is 0 Å². The summed E-state index contributed by atoms with van der Waals surface area (Å²) >= 11 is 0. The summed E-state index contributed by atoms with van der Waals surface area (Å²) in [6.45, 7) is 4.08. The zero-order valence-corrected chi connectivity index (χ0v) is 13.7. The Kier molecular flexibility index (Phi) is 7.06. The summed E-state index contributed by atoms with van der Waals surface area (Å²) in [6.07, 6.45) is 13.0. The Balaban J connectivity index is 1.93. The molecule has 3 nitrogen and oxygen atoms in total. The second-order valence-corrected chi connectivity index (χ2v) is 6.94. The van der Waals surface area contributed by atoms with Gasteiger partial charge in [-0.15, -0.1) is 0 Å². The molecular formula is C17H30BNO2. The number of hydrogen-bond acceptors (Lipinski definition) is 3. The predicted molar refractivity (Wildman–Crippen MR) is 85.9 cm³/mol. The lowest BCUT2D eigenvalue weighted by Gasteiger charge is -2.33. The van der Waals surface area contributed by atoms with E-state index in [0.717, 1.165) is 25.7 Å². The molecule has 0 aromatic rings. The van der Waals surface area contributed by atoms with Crippen LogP contribution in [0.5, 0.6) is 0 Å². The molecule has 2 rings (SSSR count). The number of hydrogen-bond donors (Lipinski definition) is 0. The Bertz CT molecular complexity index is 312. The lowest BCUT2D eigenvalue weighted by atomic mass is 9.66. The Morgan fingerprint density at radius 1 is 0.857 bits per heavy atom. The molecule has 4 heteroatoms. The van der Waals surface area contributed by atoms with Crippen molar-refractivity contribution in [1.82, 2.24) is 0 Å². The summed E-state index contributed by atoms with van der Waals surface area (Å²) in [5.74, 6) is 0.112. The van der Waals surface area contributed by atoms with Gasteiger partial charge in [-0.1, -0.05) is 45.4 Å². The molecule has 2 atom stereocenters. The van der Waals surface area contributed by atoms with Gasteiger partial charge < -0.3 is 9.31 Å². The van der Waals surface area contributed by atoms with Crippen LogP contribution in [0.15, 0.2) is 0 Å². The van der Waals surface area contributed by atoms with Crippen molar-refractivity contribution in [2.24, 2.45) is 5.92 Å². The van der Waals surface area contributed by atoms with Crippen LogP contribution in [0.1, 0.15) is 78.1 Å². The molecular weight excluding hydrogens is 261 g/mol. The van der Waals surface area contributed by atoms with Gasteiger partial charge in [0, 0.05) is 23.9 Å². The van der Waals surface area contributed by atoms with Gasteiger partial charge in [0.2, 0.25) is 0 Å². The highest BCUT2D eigenvalue weighted by atomic mass is 16.6. The highest BCUT2D eigenvalue weighted by Crippen LogP contribution is 2.30. The van der Waals surface area contributed by atoms with E-state index < -0.39 is 0 Å². The van der Waals surface area contributed by atoms with Crippen molar-refractivity contribution in [2.45, 2.75) is 96.1 Å². The van der Waals surface area contributed by atoms with Gasteiger partial charge in [0.1, 0.15) is 0 Å². The summed E-state index contributed by atoms with van der Waals surface area (Å²) in [5.41, 5.74) is 0. The number of nitrogens with zero attached hydrogens (tertiary/aromatic N) is 1. The molecule has 0 amide bonds. The molecule has 0 saturated heterocycles. The van der Waals surface area contributed by atoms with Crippen LogP contribution in [0.3, 0.4) is 0 Å². The fraction of sp³-hybridized carbons (Fsp3) is 0.941. The van der Waals surface area contributed by atoms with Gasteiger partial charge in [0.05, 0.1) is 6.07 Å². The normalized spacial score (nSPS) is 24.2.